The molecular formula is C16H17F3N2O4. The third-order valence-corrected chi connectivity index (χ3v) is 4.48. The average Bonchev–Trinajstić information content (AvgIpc) is 2.84. The molecule has 9 heteroatoms. The van der Waals surface area contributed by atoms with E-state index in [2.05, 4.69) is 10.1 Å². The van der Waals surface area contributed by atoms with Gasteiger partial charge in [-0.25, -0.2) is 0 Å². The molecule has 0 radical (unpaired) electrons. The van der Waals surface area contributed by atoms with Gasteiger partial charge in [0.25, 0.3) is 5.91 Å². The first kappa shape index (κ1) is 17.5. The fourth-order valence-electron chi connectivity index (χ4n) is 2.95. The summed E-state index contributed by atoms with van der Waals surface area (Å²) in [6.45, 7) is 0.248. The highest BCUT2D eigenvalue weighted by Crippen LogP contribution is 2.33. The summed E-state index contributed by atoms with van der Waals surface area (Å²) in [5.41, 5.74) is -1.15. The minimum Gasteiger partial charge on any atom is -0.406 e. The smallest absolute Gasteiger partial charge is 0.406 e. The van der Waals surface area contributed by atoms with Crippen LogP contribution in [0.25, 0.3) is 0 Å². The van der Waals surface area contributed by atoms with Gasteiger partial charge in [0.1, 0.15) is 17.4 Å². The number of amides is 2. The maximum Gasteiger partial charge on any atom is 0.573 e. The summed E-state index contributed by atoms with van der Waals surface area (Å²) in [6, 6.07) is 4.31. The minimum absolute atomic E-state index is 0.248. The molecule has 1 heterocycles. The van der Waals surface area contributed by atoms with Crippen molar-refractivity contribution in [3.05, 3.63) is 24.3 Å². The number of carbonyl (C=O) groups excluding carboxylic acids is 2. The Labute approximate surface area is 141 Å². The van der Waals surface area contributed by atoms with Crippen LogP contribution < -0.4 is 15.0 Å². The average molecular weight is 358 g/mol. The number of aliphatic hydroxyl groups is 1. The van der Waals surface area contributed by atoms with Crippen LogP contribution in [-0.2, 0) is 9.59 Å². The van der Waals surface area contributed by atoms with Crippen molar-refractivity contribution in [2.45, 2.75) is 43.7 Å². The van der Waals surface area contributed by atoms with E-state index in [9.17, 15) is 27.9 Å². The molecule has 1 saturated heterocycles. The van der Waals surface area contributed by atoms with Crippen LogP contribution in [0.15, 0.2) is 24.3 Å². The monoisotopic (exact) mass is 358 g/mol. The highest BCUT2D eigenvalue weighted by atomic mass is 19.4. The molecule has 1 aromatic rings. The molecule has 0 unspecified atom stereocenters. The first-order chi connectivity index (χ1) is 11.7. The Hall–Kier alpha value is -2.29. The molecule has 1 aliphatic heterocycles. The van der Waals surface area contributed by atoms with E-state index in [0.29, 0.717) is 19.3 Å². The standard InChI is InChI=1S/C16H17F3N2O4/c17-16(18,19)25-11-4-1-3-10(9-11)21-8-5-12(13(21)22)20-14(23)15(24)6-2-7-15/h1,3-4,9,12,24H,2,5-8H2,(H,20,23)/t12-/m0/s1. The van der Waals surface area contributed by atoms with Gasteiger partial charge in [-0.2, -0.15) is 0 Å². The van der Waals surface area contributed by atoms with Gasteiger partial charge in [-0.3, -0.25) is 9.59 Å². The zero-order valence-corrected chi connectivity index (χ0v) is 13.2. The van der Waals surface area contributed by atoms with Crippen molar-refractivity contribution in [3.8, 4) is 5.75 Å². The van der Waals surface area contributed by atoms with Crippen molar-refractivity contribution in [2.24, 2.45) is 0 Å². The second-order valence-electron chi connectivity index (χ2n) is 6.23. The van der Waals surface area contributed by atoms with Crippen LogP contribution in [0.2, 0.25) is 0 Å². The van der Waals surface area contributed by atoms with Crippen LogP contribution in [-0.4, -0.2) is 41.5 Å². The van der Waals surface area contributed by atoms with Gasteiger partial charge in [-0.15, -0.1) is 13.2 Å². The van der Waals surface area contributed by atoms with E-state index in [1.807, 2.05) is 0 Å². The van der Waals surface area contributed by atoms with E-state index in [4.69, 9.17) is 0 Å². The van der Waals surface area contributed by atoms with Gasteiger partial charge in [-0.1, -0.05) is 6.07 Å². The molecule has 6 nitrogen and oxygen atoms in total. The number of carbonyl (C=O) groups is 2. The van der Waals surface area contributed by atoms with E-state index in [1.165, 1.54) is 17.0 Å². The highest BCUT2D eigenvalue weighted by Gasteiger charge is 2.44. The molecule has 3 rings (SSSR count). The van der Waals surface area contributed by atoms with Crippen molar-refractivity contribution in [1.29, 1.82) is 0 Å². The summed E-state index contributed by atoms with van der Waals surface area (Å²) in [5, 5.41) is 12.5. The van der Waals surface area contributed by atoms with E-state index >= 15 is 0 Å². The highest BCUT2D eigenvalue weighted by molar-refractivity contribution is 6.02. The second-order valence-corrected chi connectivity index (χ2v) is 6.23. The Morgan fingerprint density at radius 2 is 2.08 bits per heavy atom. The van der Waals surface area contributed by atoms with Crippen LogP contribution in [0.1, 0.15) is 25.7 Å². The van der Waals surface area contributed by atoms with E-state index < -0.39 is 35.6 Å². The first-order valence-corrected chi connectivity index (χ1v) is 7.88. The van der Waals surface area contributed by atoms with Crippen molar-refractivity contribution in [3.63, 3.8) is 0 Å². The molecule has 1 aromatic carbocycles. The third kappa shape index (κ3) is 3.71. The van der Waals surface area contributed by atoms with Crippen molar-refractivity contribution < 1.29 is 32.6 Å². The van der Waals surface area contributed by atoms with Crippen LogP contribution in [0.5, 0.6) is 5.75 Å². The Kier molecular flexibility index (Phi) is 4.36. The predicted molar refractivity (Wildman–Crippen MR) is 80.8 cm³/mol. The van der Waals surface area contributed by atoms with Crippen molar-refractivity contribution >= 4 is 17.5 Å². The summed E-state index contributed by atoms with van der Waals surface area (Å²) in [6.07, 6.45) is -3.03. The SMILES string of the molecule is O=C1[C@@H](NC(=O)C2(O)CCC2)CCN1c1cccc(OC(F)(F)F)c1. The van der Waals surface area contributed by atoms with Gasteiger partial charge in [0, 0.05) is 18.3 Å². The molecule has 1 atom stereocenters. The molecule has 0 spiro atoms. The number of anilines is 1. The summed E-state index contributed by atoms with van der Waals surface area (Å²) in [4.78, 5) is 25.8. The molecule has 25 heavy (non-hydrogen) atoms. The van der Waals surface area contributed by atoms with E-state index in [-0.39, 0.29) is 12.2 Å². The van der Waals surface area contributed by atoms with Gasteiger partial charge < -0.3 is 20.1 Å². The number of ether oxygens (including phenoxy) is 1. The Balaban J connectivity index is 1.67. The summed E-state index contributed by atoms with van der Waals surface area (Å²) in [7, 11) is 0. The van der Waals surface area contributed by atoms with Gasteiger partial charge in [0.05, 0.1) is 0 Å². The summed E-state index contributed by atoms with van der Waals surface area (Å²) >= 11 is 0. The number of benzene rings is 1. The number of alkyl halides is 3. The number of nitrogens with one attached hydrogen (secondary N) is 1. The maximum atomic E-state index is 12.4. The Morgan fingerprint density at radius 1 is 1.36 bits per heavy atom. The summed E-state index contributed by atoms with van der Waals surface area (Å²) in [5.74, 6) is -1.43. The van der Waals surface area contributed by atoms with Gasteiger partial charge in [-0.05, 0) is 37.8 Å². The zero-order valence-electron chi connectivity index (χ0n) is 13.2. The van der Waals surface area contributed by atoms with Crippen LogP contribution >= 0.6 is 0 Å². The molecular weight excluding hydrogens is 341 g/mol. The van der Waals surface area contributed by atoms with Crippen molar-refractivity contribution in [1.82, 2.24) is 5.32 Å². The molecule has 1 aliphatic carbocycles. The third-order valence-electron chi connectivity index (χ3n) is 4.48. The second kappa shape index (κ2) is 6.21. The summed E-state index contributed by atoms with van der Waals surface area (Å²) < 4.78 is 40.8. The maximum absolute atomic E-state index is 12.4. The van der Waals surface area contributed by atoms with Crippen LogP contribution in [0, 0.1) is 0 Å². The van der Waals surface area contributed by atoms with E-state index in [1.54, 1.807) is 0 Å². The molecule has 2 amide bonds. The Bertz CT molecular complexity index is 688. The molecule has 136 valence electrons. The lowest BCUT2D eigenvalue weighted by molar-refractivity contribution is -0.274. The fourth-order valence-corrected chi connectivity index (χ4v) is 2.95. The Morgan fingerprint density at radius 3 is 2.68 bits per heavy atom. The van der Waals surface area contributed by atoms with Gasteiger partial charge in [0.15, 0.2) is 0 Å². The fraction of sp³-hybridized carbons (Fsp3) is 0.500. The normalized spacial score (nSPS) is 22.5. The molecule has 0 bridgehead atoms. The number of hydrogen-bond acceptors (Lipinski definition) is 4. The molecule has 1 saturated carbocycles. The van der Waals surface area contributed by atoms with E-state index in [0.717, 1.165) is 18.6 Å². The quantitative estimate of drug-likeness (QED) is 0.859. The molecule has 0 aromatic heterocycles. The van der Waals surface area contributed by atoms with Gasteiger partial charge in [0.2, 0.25) is 5.91 Å². The first-order valence-electron chi connectivity index (χ1n) is 7.88. The predicted octanol–water partition coefficient (Wildman–Crippen LogP) is 1.72. The lowest BCUT2D eigenvalue weighted by Gasteiger charge is -2.35. The number of rotatable bonds is 4. The molecule has 2 aliphatic rings. The van der Waals surface area contributed by atoms with Crippen LogP contribution in [0.4, 0.5) is 18.9 Å². The number of nitrogens with zero attached hydrogens (tertiary/aromatic N) is 1. The lowest BCUT2D eigenvalue weighted by Crippen LogP contribution is -2.55. The molecule has 2 N–H and O–H groups in total. The zero-order chi connectivity index (χ0) is 18.2. The van der Waals surface area contributed by atoms with Crippen molar-refractivity contribution in [2.75, 3.05) is 11.4 Å². The minimum atomic E-state index is -4.82. The van der Waals surface area contributed by atoms with Gasteiger partial charge >= 0.3 is 6.36 Å². The number of hydrogen-bond donors (Lipinski definition) is 2. The largest absolute Gasteiger partial charge is 0.573 e. The van der Waals surface area contributed by atoms with Crippen LogP contribution in [0.3, 0.4) is 0 Å². The topological polar surface area (TPSA) is 78.9 Å². The lowest BCUT2D eigenvalue weighted by atomic mass is 9.79. The molecule has 2 fully saturated rings. The number of halogens is 3.